The maximum Gasteiger partial charge on any atom is 0.223 e. The molecule has 4 nitrogen and oxygen atoms in total. The van der Waals surface area contributed by atoms with Gasteiger partial charge in [-0.1, -0.05) is 12.1 Å². The lowest BCUT2D eigenvalue weighted by Gasteiger charge is -2.39. The fourth-order valence-corrected chi connectivity index (χ4v) is 3.58. The smallest absolute Gasteiger partial charge is 0.223 e. The molecule has 2 fully saturated rings. The van der Waals surface area contributed by atoms with E-state index in [2.05, 4.69) is 5.32 Å². The zero-order valence-corrected chi connectivity index (χ0v) is 13.9. The second-order valence-corrected chi connectivity index (χ2v) is 6.46. The summed E-state index contributed by atoms with van der Waals surface area (Å²) in [5.74, 6) is -0.261. The van der Waals surface area contributed by atoms with Gasteiger partial charge in [0.2, 0.25) is 5.91 Å². The predicted molar refractivity (Wildman–Crippen MR) is 88.8 cm³/mol. The lowest BCUT2D eigenvalue weighted by molar-refractivity contribution is -0.128. The highest BCUT2D eigenvalue weighted by molar-refractivity contribution is 5.85. The van der Waals surface area contributed by atoms with Gasteiger partial charge >= 0.3 is 0 Å². The van der Waals surface area contributed by atoms with Gasteiger partial charge in [0.15, 0.2) is 0 Å². The number of hydrogen-bond donors (Lipinski definition) is 2. The molecule has 0 spiro atoms. The minimum absolute atomic E-state index is 0. The number of nitrogens with two attached hydrogens (primary N) is 1. The highest BCUT2D eigenvalue weighted by Gasteiger charge is 2.39. The third-order valence-corrected chi connectivity index (χ3v) is 4.93. The average Bonchev–Trinajstić information content (AvgIpc) is 2.95. The number of carbonyl (C=O) groups is 1. The van der Waals surface area contributed by atoms with Crippen molar-refractivity contribution in [3.8, 4) is 0 Å². The molecule has 1 aromatic rings. The molecule has 0 aromatic heterocycles. The fraction of sp³-hybridized carbons (Fsp3) is 0.588. The minimum atomic E-state index is -0.524. The Kier molecular flexibility index (Phi) is 6.00. The van der Waals surface area contributed by atoms with E-state index in [0.717, 1.165) is 24.8 Å². The average molecular weight is 343 g/mol. The summed E-state index contributed by atoms with van der Waals surface area (Å²) in [6, 6.07) is 6.64. The Labute approximate surface area is 142 Å². The number of ether oxygens (including phenoxy) is 1. The zero-order valence-electron chi connectivity index (χ0n) is 13.1. The van der Waals surface area contributed by atoms with Gasteiger partial charge < -0.3 is 15.8 Å². The monoisotopic (exact) mass is 342 g/mol. The molecule has 1 aliphatic heterocycles. The second kappa shape index (κ2) is 7.60. The van der Waals surface area contributed by atoms with Gasteiger partial charge in [-0.2, -0.15) is 0 Å². The molecule has 2 atom stereocenters. The molecule has 2 aliphatic rings. The third-order valence-electron chi connectivity index (χ3n) is 4.93. The van der Waals surface area contributed by atoms with Crippen molar-refractivity contribution in [1.29, 1.82) is 0 Å². The summed E-state index contributed by atoms with van der Waals surface area (Å²) in [4.78, 5) is 12.6. The summed E-state index contributed by atoms with van der Waals surface area (Å²) in [7, 11) is 0. The van der Waals surface area contributed by atoms with Crippen LogP contribution < -0.4 is 11.1 Å². The van der Waals surface area contributed by atoms with Crippen LogP contribution >= 0.6 is 12.4 Å². The van der Waals surface area contributed by atoms with E-state index in [1.54, 1.807) is 6.07 Å². The van der Waals surface area contributed by atoms with Crippen LogP contribution in [0.4, 0.5) is 4.39 Å². The molecule has 23 heavy (non-hydrogen) atoms. The Morgan fingerprint density at radius 2 is 2.04 bits per heavy atom. The maximum absolute atomic E-state index is 13.6. The summed E-state index contributed by atoms with van der Waals surface area (Å²) in [5, 5.41) is 3.20. The normalized spacial score (nSPS) is 26.3. The fourth-order valence-electron chi connectivity index (χ4n) is 3.58. The number of carbonyl (C=O) groups excluding carboxylic acids is 1. The van der Waals surface area contributed by atoms with Crippen LogP contribution in [0.3, 0.4) is 0 Å². The number of nitrogens with one attached hydrogen (secondary N) is 1. The van der Waals surface area contributed by atoms with Crippen molar-refractivity contribution >= 4 is 18.3 Å². The lowest BCUT2D eigenvalue weighted by Crippen LogP contribution is -2.51. The number of halogens is 2. The van der Waals surface area contributed by atoms with Crippen LogP contribution in [-0.4, -0.2) is 25.2 Å². The van der Waals surface area contributed by atoms with Crippen LogP contribution in [0.25, 0.3) is 0 Å². The van der Waals surface area contributed by atoms with Crippen molar-refractivity contribution in [2.24, 2.45) is 11.7 Å². The Balaban J connectivity index is 0.00000192. The molecular weight excluding hydrogens is 319 g/mol. The van der Waals surface area contributed by atoms with E-state index in [-0.39, 0.29) is 36.1 Å². The molecule has 1 heterocycles. The Bertz CT molecular complexity index is 549. The third kappa shape index (κ3) is 4.03. The van der Waals surface area contributed by atoms with Crippen molar-refractivity contribution in [2.75, 3.05) is 13.2 Å². The van der Waals surface area contributed by atoms with E-state index >= 15 is 0 Å². The minimum Gasteiger partial charge on any atom is -0.381 e. The molecule has 3 rings (SSSR count). The van der Waals surface area contributed by atoms with E-state index < -0.39 is 5.54 Å². The van der Waals surface area contributed by atoms with E-state index in [1.165, 1.54) is 12.1 Å². The standard InChI is InChI=1S/C17H23FN2O2.ClH/c18-14-3-1-2-13(11-14)17(6-8-22-9-7-17)20-16(21)12-4-5-15(19)10-12;/h1-3,11-12,15H,4-10,19H2,(H,20,21);1H. The van der Waals surface area contributed by atoms with Crippen molar-refractivity contribution in [3.05, 3.63) is 35.6 Å². The second-order valence-electron chi connectivity index (χ2n) is 6.46. The van der Waals surface area contributed by atoms with Crippen LogP contribution in [0.1, 0.15) is 37.7 Å². The quantitative estimate of drug-likeness (QED) is 0.887. The van der Waals surface area contributed by atoms with Gasteiger partial charge in [-0.3, -0.25) is 4.79 Å². The van der Waals surface area contributed by atoms with Crippen molar-refractivity contribution < 1.29 is 13.9 Å². The van der Waals surface area contributed by atoms with Gasteiger partial charge in [-0.25, -0.2) is 4.39 Å². The van der Waals surface area contributed by atoms with Crippen LogP contribution in [0, 0.1) is 11.7 Å². The van der Waals surface area contributed by atoms with Crippen molar-refractivity contribution in [2.45, 2.75) is 43.7 Å². The van der Waals surface area contributed by atoms with Crippen LogP contribution in [0.2, 0.25) is 0 Å². The molecule has 1 saturated carbocycles. The molecule has 6 heteroatoms. The summed E-state index contributed by atoms with van der Waals surface area (Å²) in [5.41, 5.74) is 6.21. The molecule has 1 amide bonds. The van der Waals surface area contributed by atoms with Gasteiger partial charge in [-0.05, 0) is 49.8 Å². The van der Waals surface area contributed by atoms with Gasteiger partial charge in [0.05, 0.1) is 5.54 Å². The molecular formula is C17H24ClFN2O2. The Morgan fingerprint density at radius 3 is 2.65 bits per heavy atom. The zero-order chi connectivity index (χ0) is 15.6. The van der Waals surface area contributed by atoms with Gasteiger partial charge in [0.25, 0.3) is 0 Å². The molecule has 2 unspecified atom stereocenters. The van der Waals surface area contributed by atoms with Crippen LogP contribution in [-0.2, 0) is 15.1 Å². The largest absolute Gasteiger partial charge is 0.381 e. The summed E-state index contributed by atoms with van der Waals surface area (Å²) < 4.78 is 19.1. The Hall–Kier alpha value is -1.17. The van der Waals surface area contributed by atoms with Gasteiger partial charge in [-0.15, -0.1) is 12.4 Å². The van der Waals surface area contributed by atoms with Crippen LogP contribution in [0.15, 0.2) is 24.3 Å². The lowest BCUT2D eigenvalue weighted by atomic mass is 9.82. The molecule has 1 aromatic carbocycles. The van der Waals surface area contributed by atoms with Crippen LogP contribution in [0.5, 0.6) is 0 Å². The van der Waals surface area contributed by atoms with Gasteiger partial charge in [0, 0.05) is 25.2 Å². The van der Waals surface area contributed by atoms with E-state index in [4.69, 9.17) is 10.5 Å². The first-order valence-corrected chi connectivity index (χ1v) is 8.00. The number of rotatable bonds is 3. The van der Waals surface area contributed by atoms with Gasteiger partial charge in [0.1, 0.15) is 5.82 Å². The van der Waals surface area contributed by atoms with E-state index in [9.17, 15) is 9.18 Å². The summed E-state index contributed by atoms with van der Waals surface area (Å²) in [6.07, 6.45) is 3.81. The SMILES string of the molecule is Cl.NC1CCC(C(=O)NC2(c3cccc(F)c3)CCOCC2)C1. The number of hydrogen-bond acceptors (Lipinski definition) is 3. The molecule has 1 aliphatic carbocycles. The molecule has 0 bridgehead atoms. The summed E-state index contributed by atoms with van der Waals surface area (Å²) in [6.45, 7) is 1.14. The number of benzene rings is 1. The highest BCUT2D eigenvalue weighted by Crippen LogP contribution is 2.34. The molecule has 0 radical (unpaired) electrons. The van der Waals surface area contributed by atoms with E-state index in [0.29, 0.717) is 26.1 Å². The molecule has 1 saturated heterocycles. The molecule has 128 valence electrons. The van der Waals surface area contributed by atoms with E-state index in [1.807, 2.05) is 6.07 Å². The maximum atomic E-state index is 13.6. The Morgan fingerprint density at radius 1 is 1.30 bits per heavy atom. The summed E-state index contributed by atoms with van der Waals surface area (Å²) >= 11 is 0. The van der Waals surface area contributed by atoms with Crippen molar-refractivity contribution in [3.63, 3.8) is 0 Å². The first kappa shape index (κ1) is 18.2. The topological polar surface area (TPSA) is 64.4 Å². The molecule has 3 N–H and O–H groups in total. The van der Waals surface area contributed by atoms with Crippen molar-refractivity contribution in [1.82, 2.24) is 5.32 Å². The first-order chi connectivity index (χ1) is 10.6. The number of amides is 1. The highest BCUT2D eigenvalue weighted by atomic mass is 35.5. The predicted octanol–water partition coefficient (Wildman–Crippen LogP) is 2.50. The first-order valence-electron chi connectivity index (χ1n) is 8.00.